The Kier molecular flexibility index (Phi) is 3.47. The van der Waals surface area contributed by atoms with Crippen LogP contribution in [-0.4, -0.2) is 20.6 Å². The predicted molar refractivity (Wildman–Crippen MR) is 83.2 cm³/mol. The SMILES string of the molecule is Cc1nc2ccccc2n(Cc2ccc(C(=O)O)cc2)c1=O. The van der Waals surface area contributed by atoms with E-state index in [4.69, 9.17) is 5.11 Å². The van der Waals surface area contributed by atoms with Gasteiger partial charge in [-0.3, -0.25) is 4.79 Å². The zero-order valence-electron chi connectivity index (χ0n) is 12.0. The molecule has 0 bridgehead atoms. The van der Waals surface area contributed by atoms with Crippen molar-refractivity contribution in [2.45, 2.75) is 13.5 Å². The highest BCUT2D eigenvalue weighted by Crippen LogP contribution is 2.12. The van der Waals surface area contributed by atoms with Gasteiger partial charge in [0.2, 0.25) is 0 Å². The predicted octanol–water partition coefficient (Wildman–Crippen LogP) is 2.45. The molecular formula is C17H14N2O3. The largest absolute Gasteiger partial charge is 0.478 e. The molecule has 22 heavy (non-hydrogen) atoms. The van der Waals surface area contributed by atoms with Crippen LogP contribution in [0.3, 0.4) is 0 Å². The molecule has 1 aromatic heterocycles. The van der Waals surface area contributed by atoms with Gasteiger partial charge in [0.15, 0.2) is 0 Å². The van der Waals surface area contributed by atoms with E-state index in [1.807, 2.05) is 24.3 Å². The summed E-state index contributed by atoms with van der Waals surface area (Å²) >= 11 is 0. The van der Waals surface area contributed by atoms with Crippen LogP contribution >= 0.6 is 0 Å². The van der Waals surface area contributed by atoms with Crippen LogP contribution in [0.2, 0.25) is 0 Å². The minimum atomic E-state index is -0.964. The van der Waals surface area contributed by atoms with Crippen molar-refractivity contribution in [2.24, 2.45) is 0 Å². The van der Waals surface area contributed by atoms with E-state index in [0.29, 0.717) is 12.2 Å². The molecule has 2 aromatic carbocycles. The number of hydrogen-bond acceptors (Lipinski definition) is 3. The maximum absolute atomic E-state index is 12.4. The molecule has 0 aliphatic heterocycles. The van der Waals surface area contributed by atoms with E-state index in [1.54, 1.807) is 35.8 Å². The highest BCUT2D eigenvalue weighted by atomic mass is 16.4. The molecule has 0 aliphatic carbocycles. The van der Waals surface area contributed by atoms with Gasteiger partial charge in [0.25, 0.3) is 5.56 Å². The molecule has 5 nitrogen and oxygen atoms in total. The summed E-state index contributed by atoms with van der Waals surface area (Å²) in [6.07, 6.45) is 0. The first kappa shape index (κ1) is 14.0. The second kappa shape index (κ2) is 5.44. The molecule has 0 saturated heterocycles. The minimum Gasteiger partial charge on any atom is -0.478 e. The minimum absolute atomic E-state index is 0.138. The Balaban J connectivity index is 2.08. The number of para-hydroxylation sites is 2. The zero-order chi connectivity index (χ0) is 15.7. The van der Waals surface area contributed by atoms with E-state index in [-0.39, 0.29) is 11.1 Å². The summed E-state index contributed by atoms with van der Waals surface area (Å²) in [5.74, 6) is -0.964. The van der Waals surface area contributed by atoms with Crippen LogP contribution in [0.4, 0.5) is 0 Å². The van der Waals surface area contributed by atoms with E-state index >= 15 is 0 Å². The molecule has 0 saturated carbocycles. The zero-order valence-corrected chi connectivity index (χ0v) is 12.0. The molecule has 0 spiro atoms. The molecular weight excluding hydrogens is 280 g/mol. The summed E-state index contributed by atoms with van der Waals surface area (Å²) in [7, 11) is 0. The lowest BCUT2D eigenvalue weighted by Gasteiger charge is -2.11. The molecule has 3 rings (SSSR count). The van der Waals surface area contributed by atoms with Crippen molar-refractivity contribution in [1.82, 2.24) is 9.55 Å². The van der Waals surface area contributed by atoms with Crippen LogP contribution in [0.1, 0.15) is 21.6 Å². The number of aryl methyl sites for hydroxylation is 1. The summed E-state index contributed by atoms with van der Waals surface area (Å²) in [6, 6.07) is 14.0. The van der Waals surface area contributed by atoms with Gasteiger partial charge >= 0.3 is 5.97 Å². The van der Waals surface area contributed by atoms with E-state index < -0.39 is 5.97 Å². The molecule has 5 heteroatoms. The van der Waals surface area contributed by atoms with Crippen LogP contribution in [0, 0.1) is 6.92 Å². The Hall–Kier alpha value is -2.95. The summed E-state index contributed by atoms with van der Waals surface area (Å²) in [4.78, 5) is 27.6. The fraction of sp³-hybridized carbons (Fsp3) is 0.118. The molecule has 0 aliphatic rings. The smallest absolute Gasteiger partial charge is 0.335 e. The fourth-order valence-corrected chi connectivity index (χ4v) is 2.41. The Labute approximate surface area is 126 Å². The van der Waals surface area contributed by atoms with Crippen LogP contribution in [-0.2, 0) is 6.54 Å². The summed E-state index contributed by atoms with van der Waals surface area (Å²) in [5, 5.41) is 8.92. The third-order valence-corrected chi connectivity index (χ3v) is 3.56. The van der Waals surface area contributed by atoms with Gasteiger partial charge in [-0.2, -0.15) is 0 Å². The number of carbonyl (C=O) groups is 1. The van der Waals surface area contributed by atoms with Crippen molar-refractivity contribution in [3.63, 3.8) is 0 Å². The van der Waals surface area contributed by atoms with Gasteiger partial charge in [-0.05, 0) is 36.8 Å². The summed E-state index contributed by atoms with van der Waals surface area (Å²) < 4.78 is 1.66. The first-order chi connectivity index (χ1) is 10.6. The lowest BCUT2D eigenvalue weighted by Crippen LogP contribution is -2.24. The van der Waals surface area contributed by atoms with Gasteiger partial charge in [0.05, 0.1) is 23.1 Å². The second-order valence-electron chi connectivity index (χ2n) is 5.08. The molecule has 1 heterocycles. The van der Waals surface area contributed by atoms with Gasteiger partial charge in [0.1, 0.15) is 5.69 Å². The standard InChI is InChI=1S/C17H14N2O3/c1-11-16(20)19(15-5-3-2-4-14(15)18-11)10-12-6-8-13(9-7-12)17(21)22/h2-9H,10H2,1H3,(H,21,22). The van der Waals surface area contributed by atoms with Gasteiger partial charge in [0, 0.05) is 0 Å². The average molecular weight is 294 g/mol. The van der Waals surface area contributed by atoms with Crippen LogP contribution in [0.5, 0.6) is 0 Å². The van der Waals surface area contributed by atoms with Gasteiger partial charge in [-0.1, -0.05) is 24.3 Å². The first-order valence-electron chi connectivity index (χ1n) is 6.84. The maximum atomic E-state index is 12.4. The van der Waals surface area contributed by atoms with Gasteiger partial charge in [-0.15, -0.1) is 0 Å². The highest BCUT2D eigenvalue weighted by molar-refractivity contribution is 5.87. The quantitative estimate of drug-likeness (QED) is 0.805. The Bertz CT molecular complexity index is 911. The lowest BCUT2D eigenvalue weighted by atomic mass is 10.1. The molecule has 0 amide bonds. The molecule has 0 atom stereocenters. The van der Waals surface area contributed by atoms with E-state index in [9.17, 15) is 9.59 Å². The molecule has 0 unspecified atom stereocenters. The summed E-state index contributed by atoms with van der Waals surface area (Å²) in [6.45, 7) is 2.07. The van der Waals surface area contributed by atoms with Crippen molar-refractivity contribution in [1.29, 1.82) is 0 Å². The van der Waals surface area contributed by atoms with Gasteiger partial charge < -0.3 is 9.67 Å². The van der Waals surface area contributed by atoms with Crippen molar-refractivity contribution < 1.29 is 9.90 Å². The van der Waals surface area contributed by atoms with E-state index in [1.165, 1.54) is 0 Å². The third kappa shape index (κ3) is 2.48. The van der Waals surface area contributed by atoms with Gasteiger partial charge in [-0.25, -0.2) is 9.78 Å². The number of hydrogen-bond donors (Lipinski definition) is 1. The maximum Gasteiger partial charge on any atom is 0.335 e. The lowest BCUT2D eigenvalue weighted by molar-refractivity contribution is 0.0697. The molecule has 0 radical (unpaired) electrons. The summed E-state index contributed by atoms with van der Waals surface area (Å²) in [5.41, 5.74) is 2.93. The highest BCUT2D eigenvalue weighted by Gasteiger charge is 2.09. The van der Waals surface area contributed by atoms with Crippen LogP contribution in [0.25, 0.3) is 11.0 Å². The number of carboxylic acids is 1. The Morgan fingerprint density at radius 1 is 1.14 bits per heavy atom. The van der Waals surface area contributed by atoms with Crippen molar-refractivity contribution in [2.75, 3.05) is 0 Å². The van der Waals surface area contributed by atoms with E-state index in [0.717, 1.165) is 16.6 Å². The van der Waals surface area contributed by atoms with Crippen LogP contribution in [0.15, 0.2) is 53.3 Å². The first-order valence-corrected chi connectivity index (χ1v) is 6.84. The number of fused-ring (bicyclic) bond motifs is 1. The topological polar surface area (TPSA) is 72.2 Å². The number of aromatic carboxylic acids is 1. The normalized spacial score (nSPS) is 10.8. The van der Waals surface area contributed by atoms with Crippen LogP contribution < -0.4 is 5.56 Å². The van der Waals surface area contributed by atoms with E-state index in [2.05, 4.69) is 4.98 Å². The van der Waals surface area contributed by atoms with Crippen molar-refractivity contribution >= 4 is 17.0 Å². The molecule has 3 aromatic rings. The number of carboxylic acid groups (broad SMARTS) is 1. The third-order valence-electron chi connectivity index (χ3n) is 3.56. The van der Waals surface area contributed by atoms with Crippen molar-refractivity contribution in [3.05, 3.63) is 75.7 Å². The number of rotatable bonds is 3. The Morgan fingerprint density at radius 3 is 2.50 bits per heavy atom. The molecule has 0 fully saturated rings. The van der Waals surface area contributed by atoms with Crippen molar-refractivity contribution in [3.8, 4) is 0 Å². The average Bonchev–Trinajstić information content (AvgIpc) is 2.52. The number of nitrogens with zero attached hydrogens (tertiary/aromatic N) is 2. The second-order valence-corrected chi connectivity index (χ2v) is 5.08. The Morgan fingerprint density at radius 2 is 1.82 bits per heavy atom. The molecule has 1 N–H and O–H groups in total. The fourth-order valence-electron chi connectivity index (χ4n) is 2.41. The number of benzene rings is 2. The number of aromatic nitrogens is 2. The monoisotopic (exact) mass is 294 g/mol. The molecule has 110 valence electrons.